The number of aromatic nitrogens is 2. The van der Waals surface area contributed by atoms with Gasteiger partial charge in [-0.2, -0.15) is 5.10 Å². The molecule has 1 aliphatic heterocycles. The molecule has 0 bridgehead atoms. The quantitative estimate of drug-likeness (QED) is 0.616. The van der Waals surface area contributed by atoms with Gasteiger partial charge in [0.25, 0.3) is 0 Å². The highest BCUT2D eigenvalue weighted by Gasteiger charge is 2.28. The molecule has 1 aliphatic rings. The molecule has 8 nitrogen and oxygen atoms in total. The summed E-state index contributed by atoms with van der Waals surface area (Å²) in [7, 11) is 1.90. The van der Waals surface area contributed by atoms with E-state index in [-0.39, 0.29) is 12.6 Å². The summed E-state index contributed by atoms with van der Waals surface area (Å²) in [6, 6.07) is 3.52. The van der Waals surface area contributed by atoms with Crippen LogP contribution in [0.5, 0.6) is 0 Å². The molecular formula is C18H27N5O3. The molecule has 0 saturated carbocycles. The van der Waals surface area contributed by atoms with Gasteiger partial charge >= 0.3 is 0 Å². The molecule has 3 rings (SSSR count). The summed E-state index contributed by atoms with van der Waals surface area (Å²) in [5.41, 5.74) is -0.102. The number of ether oxygens (including phenoxy) is 1. The van der Waals surface area contributed by atoms with Crippen LogP contribution in [0.3, 0.4) is 0 Å². The van der Waals surface area contributed by atoms with Crippen LogP contribution in [0.2, 0.25) is 0 Å². The van der Waals surface area contributed by atoms with Crippen molar-refractivity contribution in [2.45, 2.75) is 25.6 Å². The molecule has 0 radical (unpaired) electrons. The minimum Gasteiger partial charge on any atom is -0.466 e. The number of nitrogens with zero attached hydrogens (tertiary/aromatic N) is 4. The molecule has 0 spiro atoms. The number of hydrogen-bond acceptors (Lipinski definition) is 5. The van der Waals surface area contributed by atoms with Gasteiger partial charge < -0.3 is 24.5 Å². The van der Waals surface area contributed by atoms with Gasteiger partial charge in [-0.05, 0) is 26.0 Å². The molecule has 142 valence electrons. The molecule has 2 atom stereocenters. The molecule has 2 N–H and O–H groups in total. The van der Waals surface area contributed by atoms with Gasteiger partial charge in [-0.15, -0.1) is 0 Å². The Kier molecular flexibility index (Phi) is 5.63. The van der Waals surface area contributed by atoms with Crippen molar-refractivity contribution in [3.8, 4) is 0 Å². The minimum absolute atomic E-state index is 0.0492. The Morgan fingerprint density at radius 1 is 1.54 bits per heavy atom. The Balaban J connectivity index is 1.72. The molecule has 1 fully saturated rings. The lowest BCUT2D eigenvalue weighted by Crippen LogP contribution is -2.48. The molecule has 0 amide bonds. The summed E-state index contributed by atoms with van der Waals surface area (Å²) >= 11 is 0. The van der Waals surface area contributed by atoms with E-state index in [9.17, 15) is 5.11 Å². The second kappa shape index (κ2) is 7.92. The molecule has 0 aliphatic carbocycles. The first-order chi connectivity index (χ1) is 12.5. The van der Waals surface area contributed by atoms with Gasteiger partial charge in [0.15, 0.2) is 5.96 Å². The van der Waals surface area contributed by atoms with Crippen molar-refractivity contribution in [3.05, 3.63) is 42.1 Å². The van der Waals surface area contributed by atoms with Gasteiger partial charge in [0.2, 0.25) is 0 Å². The average molecular weight is 361 g/mol. The Hall–Kier alpha value is -2.32. The Morgan fingerprint density at radius 3 is 3.04 bits per heavy atom. The number of rotatable bonds is 5. The zero-order valence-corrected chi connectivity index (χ0v) is 15.6. The highest BCUT2D eigenvalue weighted by Crippen LogP contribution is 2.23. The summed E-state index contributed by atoms with van der Waals surface area (Å²) in [5, 5.41) is 18.2. The first kappa shape index (κ1) is 18.5. The monoisotopic (exact) mass is 361 g/mol. The van der Waals surface area contributed by atoms with Gasteiger partial charge in [-0.25, -0.2) is 4.99 Å². The first-order valence-corrected chi connectivity index (χ1v) is 8.89. The van der Waals surface area contributed by atoms with Gasteiger partial charge in [0.05, 0.1) is 32.2 Å². The number of aryl methyl sites for hydroxylation is 1. The van der Waals surface area contributed by atoms with E-state index in [0.29, 0.717) is 18.9 Å². The van der Waals surface area contributed by atoms with Crippen LogP contribution in [0.15, 0.2) is 40.2 Å². The average Bonchev–Trinajstić information content (AvgIpc) is 3.31. The third-order valence-corrected chi connectivity index (χ3v) is 4.39. The number of aliphatic imine (C=N–C) groups is 1. The summed E-state index contributed by atoms with van der Waals surface area (Å²) in [5.74, 6) is 1.27. The SMILES string of the molecule is CCNC(=NCC(C)(O)c1ccco1)N1CCOC(c2cnn(C)c2)C1. The molecular weight excluding hydrogens is 334 g/mol. The smallest absolute Gasteiger partial charge is 0.194 e. The van der Waals surface area contributed by atoms with E-state index in [2.05, 4.69) is 20.3 Å². The molecule has 8 heteroatoms. The fraction of sp³-hybridized carbons (Fsp3) is 0.556. The maximum Gasteiger partial charge on any atom is 0.194 e. The number of guanidine groups is 1. The number of aliphatic hydroxyl groups is 1. The highest BCUT2D eigenvalue weighted by molar-refractivity contribution is 5.80. The van der Waals surface area contributed by atoms with Crippen molar-refractivity contribution in [2.24, 2.45) is 12.0 Å². The second-order valence-corrected chi connectivity index (χ2v) is 6.67. The number of furan rings is 1. The third kappa shape index (κ3) is 4.25. The Labute approximate surface area is 153 Å². The van der Waals surface area contributed by atoms with Crippen molar-refractivity contribution in [1.29, 1.82) is 0 Å². The minimum atomic E-state index is -1.15. The van der Waals surface area contributed by atoms with Crippen LogP contribution in [0, 0.1) is 0 Å². The van der Waals surface area contributed by atoms with Crippen molar-refractivity contribution in [2.75, 3.05) is 32.8 Å². The van der Waals surface area contributed by atoms with Gasteiger partial charge in [-0.3, -0.25) is 4.68 Å². The molecule has 1 saturated heterocycles. The lowest BCUT2D eigenvalue weighted by Gasteiger charge is -2.35. The van der Waals surface area contributed by atoms with E-state index in [4.69, 9.17) is 9.15 Å². The number of morpholine rings is 1. The van der Waals surface area contributed by atoms with E-state index < -0.39 is 5.60 Å². The lowest BCUT2D eigenvalue weighted by molar-refractivity contribution is -0.00844. The summed E-state index contributed by atoms with van der Waals surface area (Å²) < 4.78 is 13.0. The predicted octanol–water partition coefficient (Wildman–Crippen LogP) is 1.26. The van der Waals surface area contributed by atoms with E-state index >= 15 is 0 Å². The van der Waals surface area contributed by atoms with Crippen LogP contribution in [-0.4, -0.2) is 58.5 Å². The van der Waals surface area contributed by atoms with Gasteiger partial charge in [0, 0.05) is 31.9 Å². The largest absolute Gasteiger partial charge is 0.466 e. The maximum absolute atomic E-state index is 10.6. The van der Waals surface area contributed by atoms with Crippen molar-refractivity contribution < 1.29 is 14.3 Å². The van der Waals surface area contributed by atoms with E-state index in [0.717, 1.165) is 24.6 Å². The summed E-state index contributed by atoms with van der Waals surface area (Å²) in [6.45, 7) is 6.72. The molecule has 2 unspecified atom stereocenters. The van der Waals surface area contributed by atoms with Crippen molar-refractivity contribution >= 4 is 5.96 Å². The zero-order chi connectivity index (χ0) is 18.6. The number of hydrogen-bond donors (Lipinski definition) is 2. The molecule has 0 aromatic carbocycles. The van der Waals surface area contributed by atoms with Crippen LogP contribution >= 0.6 is 0 Å². The second-order valence-electron chi connectivity index (χ2n) is 6.67. The highest BCUT2D eigenvalue weighted by atomic mass is 16.5. The van der Waals surface area contributed by atoms with Crippen molar-refractivity contribution in [3.63, 3.8) is 0 Å². The fourth-order valence-corrected chi connectivity index (χ4v) is 2.97. The zero-order valence-electron chi connectivity index (χ0n) is 15.6. The third-order valence-electron chi connectivity index (χ3n) is 4.39. The van der Waals surface area contributed by atoms with Crippen LogP contribution in [-0.2, 0) is 17.4 Å². The molecule has 3 heterocycles. The van der Waals surface area contributed by atoms with E-state index in [1.807, 2.05) is 26.4 Å². The van der Waals surface area contributed by atoms with E-state index in [1.54, 1.807) is 30.0 Å². The maximum atomic E-state index is 10.6. The fourth-order valence-electron chi connectivity index (χ4n) is 2.97. The summed E-state index contributed by atoms with van der Waals surface area (Å²) in [6.07, 6.45) is 5.31. The predicted molar refractivity (Wildman–Crippen MR) is 97.7 cm³/mol. The molecule has 2 aromatic rings. The van der Waals surface area contributed by atoms with E-state index in [1.165, 1.54) is 0 Å². The summed E-state index contributed by atoms with van der Waals surface area (Å²) in [4.78, 5) is 6.80. The lowest BCUT2D eigenvalue weighted by atomic mass is 10.0. The Bertz CT molecular complexity index is 723. The standard InChI is InChI=1S/C18H27N5O3/c1-4-19-17(20-13-18(2,24)16-6-5-8-26-16)23-7-9-25-15(12-23)14-10-21-22(3)11-14/h5-6,8,10-11,15,24H,4,7,9,12-13H2,1-3H3,(H,19,20). The first-order valence-electron chi connectivity index (χ1n) is 8.89. The van der Waals surface area contributed by atoms with Gasteiger partial charge in [-0.1, -0.05) is 0 Å². The molecule has 2 aromatic heterocycles. The van der Waals surface area contributed by atoms with Crippen LogP contribution in [0.1, 0.15) is 31.3 Å². The van der Waals surface area contributed by atoms with Crippen LogP contribution < -0.4 is 5.32 Å². The van der Waals surface area contributed by atoms with Gasteiger partial charge in [0.1, 0.15) is 17.5 Å². The normalized spacial score (nSPS) is 20.8. The topological polar surface area (TPSA) is 88.1 Å². The number of nitrogens with one attached hydrogen (secondary N) is 1. The van der Waals surface area contributed by atoms with Crippen LogP contribution in [0.4, 0.5) is 0 Å². The van der Waals surface area contributed by atoms with Crippen LogP contribution in [0.25, 0.3) is 0 Å². The Morgan fingerprint density at radius 2 is 2.38 bits per heavy atom. The molecule has 26 heavy (non-hydrogen) atoms. The van der Waals surface area contributed by atoms with Crippen molar-refractivity contribution in [1.82, 2.24) is 20.0 Å².